The zero-order valence-electron chi connectivity index (χ0n) is 9.72. The van der Waals surface area contributed by atoms with Gasteiger partial charge in [-0.15, -0.1) is 0 Å². The Kier molecular flexibility index (Phi) is 2.95. The Morgan fingerprint density at radius 2 is 2.00 bits per heavy atom. The molecule has 0 bridgehead atoms. The van der Waals surface area contributed by atoms with E-state index in [9.17, 15) is 0 Å². The molecule has 1 aromatic carbocycles. The molecule has 1 heterocycles. The molecule has 3 heteroatoms. The molecule has 0 aliphatic rings. The molecule has 2 aromatic rings. The molecule has 3 nitrogen and oxygen atoms in total. The molecule has 0 radical (unpaired) electrons. The van der Waals surface area contributed by atoms with Crippen LogP contribution in [0.15, 0.2) is 36.5 Å². The van der Waals surface area contributed by atoms with Crippen LogP contribution in [0.3, 0.4) is 0 Å². The van der Waals surface area contributed by atoms with E-state index in [1.807, 2.05) is 41.2 Å². The predicted octanol–water partition coefficient (Wildman–Crippen LogP) is 3.10. The van der Waals surface area contributed by atoms with Gasteiger partial charge in [-0.3, -0.25) is 4.68 Å². The number of benzene rings is 1. The van der Waals surface area contributed by atoms with Crippen LogP contribution in [0.5, 0.6) is 0 Å². The van der Waals surface area contributed by atoms with Gasteiger partial charge in [0.1, 0.15) is 5.69 Å². The van der Waals surface area contributed by atoms with Crippen molar-refractivity contribution in [3.8, 4) is 11.3 Å². The maximum absolute atomic E-state index is 5.98. The van der Waals surface area contributed by atoms with E-state index in [-0.39, 0.29) is 0 Å². The summed E-state index contributed by atoms with van der Waals surface area (Å²) in [5.41, 5.74) is 8.67. The molecule has 1 aromatic heterocycles. The normalized spacial score (nSPS) is 12.6. The first kappa shape index (κ1) is 10.7. The van der Waals surface area contributed by atoms with Crippen molar-refractivity contribution in [3.05, 3.63) is 36.5 Å². The lowest BCUT2D eigenvalue weighted by molar-refractivity contribution is 0.479. The van der Waals surface area contributed by atoms with Gasteiger partial charge in [0.15, 0.2) is 0 Å². The topological polar surface area (TPSA) is 43.8 Å². The summed E-state index contributed by atoms with van der Waals surface area (Å²) in [6.45, 7) is 4.28. The molecule has 2 rings (SSSR count). The van der Waals surface area contributed by atoms with E-state index in [1.54, 1.807) is 0 Å². The van der Waals surface area contributed by atoms with Gasteiger partial charge in [0, 0.05) is 17.8 Å². The number of nitrogens with zero attached hydrogens (tertiary/aromatic N) is 2. The van der Waals surface area contributed by atoms with Crippen LogP contribution >= 0.6 is 0 Å². The molecule has 1 unspecified atom stereocenters. The molecule has 0 saturated heterocycles. The van der Waals surface area contributed by atoms with E-state index in [1.165, 1.54) is 0 Å². The van der Waals surface area contributed by atoms with E-state index in [4.69, 9.17) is 5.73 Å². The minimum Gasteiger partial charge on any atom is -0.396 e. The van der Waals surface area contributed by atoms with E-state index < -0.39 is 0 Å². The molecule has 0 fully saturated rings. The van der Waals surface area contributed by atoms with E-state index in [0.717, 1.165) is 23.4 Å². The van der Waals surface area contributed by atoms with Crippen molar-refractivity contribution in [1.82, 2.24) is 9.78 Å². The first-order valence-corrected chi connectivity index (χ1v) is 5.62. The summed E-state index contributed by atoms with van der Waals surface area (Å²) in [5.74, 6) is 0. The summed E-state index contributed by atoms with van der Waals surface area (Å²) in [5, 5.41) is 4.54. The lowest BCUT2D eigenvalue weighted by Crippen LogP contribution is -2.04. The van der Waals surface area contributed by atoms with Gasteiger partial charge in [-0.2, -0.15) is 5.10 Å². The lowest BCUT2D eigenvalue weighted by Gasteiger charge is -2.07. The summed E-state index contributed by atoms with van der Waals surface area (Å²) in [6.07, 6.45) is 2.96. The van der Waals surface area contributed by atoms with Crippen molar-refractivity contribution in [2.24, 2.45) is 0 Å². The van der Waals surface area contributed by atoms with E-state index in [2.05, 4.69) is 18.9 Å². The van der Waals surface area contributed by atoms with Crippen molar-refractivity contribution < 1.29 is 0 Å². The van der Waals surface area contributed by atoms with Crippen molar-refractivity contribution in [2.75, 3.05) is 5.73 Å². The van der Waals surface area contributed by atoms with Gasteiger partial charge < -0.3 is 5.73 Å². The molecule has 0 amide bonds. The standard InChI is InChI=1S/C13H17N3/c1-3-10(2)16-9-12(14)13(15-16)11-7-5-4-6-8-11/h4-10H,3,14H2,1-2H3. The number of nitrogens with two attached hydrogens (primary N) is 1. The fourth-order valence-electron chi connectivity index (χ4n) is 1.64. The van der Waals surface area contributed by atoms with Gasteiger partial charge in [-0.25, -0.2) is 0 Å². The Labute approximate surface area is 95.9 Å². The molecule has 0 saturated carbocycles. The Hall–Kier alpha value is -1.77. The smallest absolute Gasteiger partial charge is 0.115 e. The van der Waals surface area contributed by atoms with Crippen LogP contribution in [-0.4, -0.2) is 9.78 Å². The third-order valence-electron chi connectivity index (χ3n) is 2.85. The Morgan fingerprint density at radius 3 is 2.62 bits per heavy atom. The van der Waals surface area contributed by atoms with Crippen molar-refractivity contribution >= 4 is 5.69 Å². The summed E-state index contributed by atoms with van der Waals surface area (Å²) in [4.78, 5) is 0. The number of nitrogen functional groups attached to an aromatic ring is 1. The average molecular weight is 215 g/mol. The van der Waals surface area contributed by atoms with Crippen LogP contribution in [0.25, 0.3) is 11.3 Å². The molecule has 0 spiro atoms. The minimum absolute atomic E-state index is 0.389. The molecular formula is C13H17N3. The highest BCUT2D eigenvalue weighted by atomic mass is 15.3. The van der Waals surface area contributed by atoms with Gasteiger partial charge in [0.25, 0.3) is 0 Å². The maximum atomic E-state index is 5.98. The number of hydrogen-bond donors (Lipinski definition) is 1. The largest absolute Gasteiger partial charge is 0.396 e. The number of hydrogen-bond acceptors (Lipinski definition) is 2. The van der Waals surface area contributed by atoms with Gasteiger partial charge >= 0.3 is 0 Å². The first-order valence-electron chi connectivity index (χ1n) is 5.62. The predicted molar refractivity (Wildman–Crippen MR) is 67.1 cm³/mol. The van der Waals surface area contributed by atoms with E-state index >= 15 is 0 Å². The summed E-state index contributed by atoms with van der Waals surface area (Å²) in [6, 6.07) is 10.4. The fourth-order valence-corrected chi connectivity index (χ4v) is 1.64. The maximum Gasteiger partial charge on any atom is 0.115 e. The highest BCUT2D eigenvalue weighted by Crippen LogP contribution is 2.25. The Balaban J connectivity index is 2.40. The third-order valence-corrected chi connectivity index (χ3v) is 2.85. The summed E-state index contributed by atoms with van der Waals surface area (Å²) >= 11 is 0. The van der Waals surface area contributed by atoms with Crippen LogP contribution in [0.1, 0.15) is 26.3 Å². The zero-order chi connectivity index (χ0) is 11.5. The minimum atomic E-state index is 0.389. The van der Waals surface area contributed by atoms with Crippen molar-refractivity contribution in [2.45, 2.75) is 26.3 Å². The van der Waals surface area contributed by atoms with Crippen LogP contribution in [0, 0.1) is 0 Å². The molecule has 84 valence electrons. The SMILES string of the molecule is CCC(C)n1cc(N)c(-c2ccccc2)n1. The van der Waals surface area contributed by atoms with Gasteiger partial charge in [0.05, 0.1) is 5.69 Å². The average Bonchev–Trinajstić information content (AvgIpc) is 2.71. The van der Waals surface area contributed by atoms with E-state index in [0.29, 0.717) is 6.04 Å². The summed E-state index contributed by atoms with van der Waals surface area (Å²) in [7, 11) is 0. The second kappa shape index (κ2) is 4.39. The van der Waals surface area contributed by atoms with Crippen LogP contribution in [0.2, 0.25) is 0 Å². The Morgan fingerprint density at radius 1 is 1.31 bits per heavy atom. The number of aromatic nitrogens is 2. The lowest BCUT2D eigenvalue weighted by atomic mass is 10.1. The number of anilines is 1. The molecule has 1 atom stereocenters. The molecule has 2 N–H and O–H groups in total. The first-order chi connectivity index (χ1) is 7.72. The monoisotopic (exact) mass is 215 g/mol. The summed E-state index contributed by atoms with van der Waals surface area (Å²) < 4.78 is 1.94. The zero-order valence-corrected chi connectivity index (χ0v) is 9.72. The highest BCUT2D eigenvalue weighted by molar-refractivity contribution is 5.71. The molecule has 0 aliphatic carbocycles. The molecular weight excluding hydrogens is 198 g/mol. The van der Waals surface area contributed by atoms with Gasteiger partial charge in [0.2, 0.25) is 0 Å². The second-order valence-electron chi connectivity index (χ2n) is 4.04. The Bertz CT molecular complexity index is 459. The fraction of sp³-hybridized carbons (Fsp3) is 0.308. The molecule has 0 aliphatic heterocycles. The van der Waals surface area contributed by atoms with Crippen molar-refractivity contribution in [3.63, 3.8) is 0 Å². The van der Waals surface area contributed by atoms with Gasteiger partial charge in [-0.05, 0) is 13.3 Å². The van der Waals surface area contributed by atoms with Crippen LogP contribution < -0.4 is 5.73 Å². The number of rotatable bonds is 3. The molecule has 16 heavy (non-hydrogen) atoms. The van der Waals surface area contributed by atoms with Gasteiger partial charge in [-0.1, -0.05) is 37.3 Å². The highest BCUT2D eigenvalue weighted by Gasteiger charge is 2.10. The third kappa shape index (κ3) is 1.94. The second-order valence-corrected chi connectivity index (χ2v) is 4.04. The van der Waals surface area contributed by atoms with Crippen LogP contribution in [-0.2, 0) is 0 Å². The quantitative estimate of drug-likeness (QED) is 0.855. The van der Waals surface area contributed by atoms with Crippen LogP contribution in [0.4, 0.5) is 5.69 Å². The van der Waals surface area contributed by atoms with Crippen molar-refractivity contribution in [1.29, 1.82) is 0 Å².